The predicted octanol–water partition coefficient (Wildman–Crippen LogP) is 3.79. The van der Waals surface area contributed by atoms with Crippen LogP contribution in [0.15, 0.2) is 35.7 Å². The maximum absolute atomic E-state index is 5.60. The van der Waals surface area contributed by atoms with Gasteiger partial charge >= 0.3 is 0 Å². The largest absolute Gasteiger partial charge is 0.376 e. The van der Waals surface area contributed by atoms with Crippen LogP contribution in [0.4, 0.5) is 5.13 Å². The van der Waals surface area contributed by atoms with Gasteiger partial charge in [-0.05, 0) is 19.3 Å². The van der Waals surface area contributed by atoms with E-state index in [0.717, 1.165) is 35.8 Å². The number of anilines is 1. The number of hydrogen-bond donors (Lipinski definition) is 1. The molecule has 1 aliphatic rings. The zero-order chi connectivity index (χ0) is 13.1. The van der Waals surface area contributed by atoms with Crippen molar-refractivity contribution < 1.29 is 4.74 Å². The minimum atomic E-state index is 0.0403. The summed E-state index contributed by atoms with van der Waals surface area (Å²) >= 11 is 1.65. The molecule has 1 saturated carbocycles. The molecule has 0 atom stereocenters. The van der Waals surface area contributed by atoms with Gasteiger partial charge in [-0.3, -0.25) is 0 Å². The van der Waals surface area contributed by atoms with Crippen molar-refractivity contribution in [2.45, 2.75) is 24.9 Å². The summed E-state index contributed by atoms with van der Waals surface area (Å²) in [7, 11) is 1.80. The number of ether oxygens (including phenoxy) is 1. The SMILES string of the molecule is COC1(CNc2nc(-c3ccccc3)cs2)CCC1. The van der Waals surface area contributed by atoms with E-state index in [1.54, 1.807) is 18.4 Å². The summed E-state index contributed by atoms with van der Waals surface area (Å²) in [6.07, 6.45) is 3.56. The van der Waals surface area contributed by atoms with E-state index in [0.29, 0.717) is 0 Å². The minimum absolute atomic E-state index is 0.0403. The van der Waals surface area contributed by atoms with E-state index in [9.17, 15) is 0 Å². The fourth-order valence-electron chi connectivity index (χ4n) is 2.36. The third-order valence-electron chi connectivity index (χ3n) is 3.83. The lowest BCUT2D eigenvalue weighted by atomic mass is 9.80. The molecule has 0 radical (unpaired) electrons. The number of nitrogens with zero attached hydrogens (tertiary/aromatic N) is 1. The van der Waals surface area contributed by atoms with Crippen LogP contribution in [0, 0.1) is 0 Å². The third kappa shape index (κ3) is 2.65. The zero-order valence-corrected chi connectivity index (χ0v) is 11.9. The highest BCUT2D eigenvalue weighted by Gasteiger charge is 2.36. The summed E-state index contributed by atoms with van der Waals surface area (Å²) in [6.45, 7) is 0.852. The molecule has 3 nitrogen and oxygen atoms in total. The molecule has 0 bridgehead atoms. The molecule has 4 heteroatoms. The van der Waals surface area contributed by atoms with Gasteiger partial charge in [0.05, 0.1) is 11.3 Å². The fraction of sp³-hybridized carbons (Fsp3) is 0.400. The molecule has 100 valence electrons. The van der Waals surface area contributed by atoms with Crippen LogP contribution in [0.25, 0.3) is 11.3 Å². The first kappa shape index (κ1) is 12.6. The molecule has 1 fully saturated rings. The van der Waals surface area contributed by atoms with Gasteiger partial charge in [-0.2, -0.15) is 0 Å². The zero-order valence-electron chi connectivity index (χ0n) is 11.1. The summed E-state index contributed by atoms with van der Waals surface area (Å²) in [5, 5.41) is 6.48. The second-order valence-electron chi connectivity index (χ2n) is 5.00. The van der Waals surface area contributed by atoms with E-state index in [1.165, 1.54) is 6.42 Å². The quantitative estimate of drug-likeness (QED) is 0.900. The average Bonchev–Trinajstić information content (AvgIpc) is 2.88. The number of thiazole rings is 1. The van der Waals surface area contributed by atoms with Gasteiger partial charge in [0.2, 0.25) is 0 Å². The lowest BCUT2D eigenvalue weighted by molar-refractivity contribution is -0.0601. The Kier molecular flexibility index (Phi) is 3.53. The number of aromatic nitrogens is 1. The third-order valence-corrected chi connectivity index (χ3v) is 4.63. The summed E-state index contributed by atoms with van der Waals surface area (Å²) in [5.41, 5.74) is 2.24. The average molecular weight is 274 g/mol. The Morgan fingerprint density at radius 2 is 2.11 bits per heavy atom. The second-order valence-corrected chi connectivity index (χ2v) is 5.86. The standard InChI is InChI=1S/C15H18N2OS/c1-18-15(8-5-9-15)11-16-14-17-13(10-19-14)12-6-3-2-4-7-12/h2-4,6-7,10H,5,8-9,11H2,1H3,(H,16,17). The lowest BCUT2D eigenvalue weighted by Crippen LogP contribution is -2.45. The Labute approximate surface area is 117 Å². The van der Waals surface area contributed by atoms with Crippen LogP contribution in [-0.2, 0) is 4.74 Å². The van der Waals surface area contributed by atoms with Gasteiger partial charge in [0.1, 0.15) is 0 Å². The summed E-state index contributed by atoms with van der Waals surface area (Å²) in [5.74, 6) is 0. The number of nitrogens with one attached hydrogen (secondary N) is 1. The van der Waals surface area contributed by atoms with E-state index >= 15 is 0 Å². The molecule has 0 spiro atoms. The Bertz CT molecular complexity index is 529. The maximum Gasteiger partial charge on any atom is 0.183 e. The first-order valence-electron chi connectivity index (χ1n) is 6.61. The van der Waals surface area contributed by atoms with Crippen molar-refractivity contribution >= 4 is 16.5 Å². The molecule has 0 aliphatic heterocycles. The summed E-state index contributed by atoms with van der Waals surface area (Å²) in [4.78, 5) is 4.63. The molecular formula is C15H18N2OS. The van der Waals surface area contributed by atoms with E-state index in [1.807, 2.05) is 18.2 Å². The Morgan fingerprint density at radius 1 is 1.32 bits per heavy atom. The van der Waals surface area contributed by atoms with Gasteiger partial charge in [-0.25, -0.2) is 4.98 Å². The van der Waals surface area contributed by atoms with Crippen molar-refractivity contribution in [3.8, 4) is 11.3 Å². The highest BCUT2D eigenvalue weighted by molar-refractivity contribution is 7.14. The molecule has 1 heterocycles. The van der Waals surface area contributed by atoms with Gasteiger partial charge in [0.15, 0.2) is 5.13 Å². The maximum atomic E-state index is 5.60. The van der Waals surface area contributed by atoms with E-state index in [4.69, 9.17) is 4.74 Å². The van der Waals surface area contributed by atoms with E-state index in [2.05, 4.69) is 27.8 Å². The van der Waals surface area contributed by atoms with Crippen LogP contribution < -0.4 is 5.32 Å². The molecule has 1 N–H and O–H groups in total. The molecule has 19 heavy (non-hydrogen) atoms. The van der Waals surface area contributed by atoms with Crippen molar-refractivity contribution in [1.82, 2.24) is 4.98 Å². The van der Waals surface area contributed by atoms with Gasteiger partial charge in [-0.1, -0.05) is 30.3 Å². The monoisotopic (exact) mass is 274 g/mol. The Hall–Kier alpha value is -1.39. The predicted molar refractivity (Wildman–Crippen MR) is 79.6 cm³/mol. The Morgan fingerprint density at radius 3 is 2.74 bits per heavy atom. The number of rotatable bonds is 5. The molecule has 1 aromatic carbocycles. The van der Waals surface area contributed by atoms with Crippen molar-refractivity contribution in [1.29, 1.82) is 0 Å². The summed E-state index contributed by atoms with van der Waals surface area (Å²) in [6, 6.07) is 10.3. The first-order valence-corrected chi connectivity index (χ1v) is 7.49. The molecule has 0 unspecified atom stereocenters. The second kappa shape index (κ2) is 5.31. The van der Waals surface area contributed by atoms with Gasteiger partial charge in [0, 0.05) is 24.6 Å². The highest BCUT2D eigenvalue weighted by Crippen LogP contribution is 2.35. The van der Waals surface area contributed by atoms with Crippen LogP contribution in [0.2, 0.25) is 0 Å². The van der Waals surface area contributed by atoms with Crippen LogP contribution >= 0.6 is 11.3 Å². The number of hydrogen-bond acceptors (Lipinski definition) is 4. The molecule has 0 saturated heterocycles. The summed E-state index contributed by atoms with van der Waals surface area (Å²) < 4.78 is 5.60. The van der Waals surface area contributed by atoms with Crippen molar-refractivity contribution in [2.24, 2.45) is 0 Å². The Balaban J connectivity index is 1.65. The van der Waals surface area contributed by atoms with Crippen molar-refractivity contribution in [3.05, 3.63) is 35.7 Å². The van der Waals surface area contributed by atoms with Crippen molar-refractivity contribution in [2.75, 3.05) is 19.0 Å². The molecule has 2 aromatic rings. The van der Waals surface area contributed by atoms with Crippen LogP contribution in [0.3, 0.4) is 0 Å². The van der Waals surface area contributed by atoms with Crippen LogP contribution in [0.1, 0.15) is 19.3 Å². The smallest absolute Gasteiger partial charge is 0.183 e. The molecule has 1 aromatic heterocycles. The van der Waals surface area contributed by atoms with Gasteiger partial charge < -0.3 is 10.1 Å². The number of methoxy groups -OCH3 is 1. The minimum Gasteiger partial charge on any atom is -0.376 e. The lowest BCUT2D eigenvalue weighted by Gasteiger charge is -2.40. The molecule has 1 aliphatic carbocycles. The van der Waals surface area contributed by atoms with Gasteiger partial charge in [-0.15, -0.1) is 11.3 Å². The molecule has 3 rings (SSSR count). The van der Waals surface area contributed by atoms with Gasteiger partial charge in [0.25, 0.3) is 0 Å². The normalized spacial score (nSPS) is 16.9. The molecular weight excluding hydrogens is 256 g/mol. The fourth-order valence-corrected chi connectivity index (χ4v) is 3.08. The highest BCUT2D eigenvalue weighted by atomic mass is 32.1. The first-order chi connectivity index (χ1) is 9.31. The van der Waals surface area contributed by atoms with Crippen LogP contribution in [0.5, 0.6) is 0 Å². The topological polar surface area (TPSA) is 34.1 Å². The molecule has 0 amide bonds. The van der Waals surface area contributed by atoms with E-state index in [-0.39, 0.29) is 5.60 Å². The van der Waals surface area contributed by atoms with Crippen molar-refractivity contribution in [3.63, 3.8) is 0 Å². The van der Waals surface area contributed by atoms with Crippen LogP contribution in [-0.4, -0.2) is 24.2 Å². The number of benzene rings is 1. The van der Waals surface area contributed by atoms with E-state index < -0.39 is 0 Å².